The minimum atomic E-state index is -0.744. The van der Waals surface area contributed by atoms with Crippen LogP contribution in [0, 0.1) is 13.8 Å². The zero-order valence-electron chi connectivity index (χ0n) is 10.2. The third-order valence-electron chi connectivity index (χ3n) is 1.92. The van der Waals surface area contributed by atoms with Crippen LogP contribution in [-0.2, 0) is 4.79 Å². The van der Waals surface area contributed by atoms with Crippen LogP contribution in [0.1, 0.15) is 42.9 Å². The van der Waals surface area contributed by atoms with Crippen molar-refractivity contribution >= 4 is 11.7 Å². The quantitative estimate of drug-likeness (QED) is 0.608. The second-order valence-electron chi connectivity index (χ2n) is 4.69. The Balaban J connectivity index is 2.83. The van der Waals surface area contributed by atoms with Crippen molar-refractivity contribution in [3.05, 3.63) is 17.3 Å². The lowest BCUT2D eigenvalue weighted by Crippen LogP contribution is -2.44. The van der Waals surface area contributed by atoms with Gasteiger partial charge in [-0.2, -0.15) is 0 Å². The summed E-state index contributed by atoms with van der Waals surface area (Å²) in [7, 11) is 0. The summed E-state index contributed by atoms with van der Waals surface area (Å²) in [6, 6.07) is 0. The molecule has 0 aliphatic carbocycles. The lowest BCUT2D eigenvalue weighted by molar-refractivity contribution is -0.118. The fraction of sp³-hybridized carbons (Fsp3) is 0.545. The maximum atomic E-state index is 11.6. The van der Waals surface area contributed by atoms with E-state index in [0.29, 0.717) is 11.5 Å². The Bertz CT molecular complexity index is 407. The van der Waals surface area contributed by atoms with Crippen molar-refractivity contribution in [1.29, 1.82) is 0 Å². The number of nitrogens with zero attached hydrogens (tertiary/aromatic N) is 1. The highest BCUT2D eigenvalue weighted by molar-refractivity contribution is 6.41. The lowest BCUT2D eigenvalue weighted by atomic mass is 10.1. The molecule has 0 aliphatic heterocycles. The number of carbonyl (C=O) groups is 2. The molecule has 1 aromatic rings. The molecule has 0 radical (unpaired) electrons. The van der Waals surface area contributed by atoms with Gasteiger partial charge in [-0.3, -0.25) is 9.59 Å². The highest BCUT2D eigenvalue weighted by Crippen LogP contribution is 2.09. The largest absolute Gasteiger partial charge is 0.439 e. The molecule has 0 spiro atoms. The number of aromatic nitrogens is 1. The summed E-state index contributed by atoms with van der Waals surface area (Å²) in [5.74, 6) is -1.05. The van der Waals surface area contributed by atoms with Gasteiger partial charge < -0.3 is 9.73 Å². The summed E-state index contributed by atoms with van der Waals surface area (Å²) < 4.78 is 5.09. The van der Waals surface area contributed by atoms with Crippen LogP contribution in [-0.4, -0.2) is 22.2 Å². The van der Waals surface area contributed by atoms with E-state index in [4.69, 9.17) is 4.42 Å². The van der Waals surface area contributed by atoms with E-state index >= 15 is 0 Å². The van der Waals surface area contributed by atoms with E-state index in [9.17, 15) is 9.59 Å². The molecule has 16 heavy (non-hydrogen) atoms. The van der Waals surface area contributed by atoms with Crippen LogP contribution in [0.3, 0.4) is 0 Å². The Morgan fingerprint density at radius 2 is 1.81 bits per heavy atom. The SMILES string of the molecule is Cc1nc(C(=O)C(=O)NC(C)(C)C)oc1C. The topological polar surface area (TPSA) is 72.2 Å². The van der Waals surface area contributed by atoms with Crippen LogP contribution in [0.5, 0.6) is 0 Å². The number of ketones is 1. The maximum Gasteiger partial charge on any atom is 0.304 e. The number of amides is 1. The minimum absolute atomic E-state index is 0.156. The zero-order valence-corrected chi connectivity index (χ0v) is 10.2. The number of hydrogen-bond donors (Lipinski definition) is 1. The van der Waals surface area contributed by atoms with Gasteiger partial charge in [0.1, 0.15) is 5.76 Å². The van der Waals surface area contributed by atoms with Crippen molar-refractivity contribution < 1.29 is 14.0 Å². The van der Waals surface area contributed by atoms with E-state index in [1.54, 1.807) is 34.6 Å². The first-order valence-electron chi connectivity index (χ1n) is 5.01. The van der Waals surface area contributed by atoms with Crippen molar-refractivity contribution in [3.8, 4) is 0 Å². The molecule has 88 valence electrons. The predicted octanol–water partition coefficient (Wildman–Crippen LogP) is 1.39. The van der Waals surface area contributed by atoms with Crippen LogP contribution in [0.25, 0.3) is 0 Å². The Kier molecular flexibility index (Phi) is 3.16. The van der Waals surface area contributed by atoms with Gasteiger partial charge >= 0.3 is 5.78 Å². The van der Waals surface area contributed by atoms with E-state index in [0.717, 1.165) is 0 Å². The molecule has 1 amide bonds. The zero-order chi connectivity index (χ0) is 12.5. The number of rotatable bonds is 2. The summed E-state index contributed by atoms with van der Waals surface area (Å²) in [4.78, 5) is 27.0. The third kappa shape index (κ3) is 2.92. The minimum Gasteiger partial charge on any atom is -0.439 e. The predicted molar refractivity (Wildman–Crippen MR) is 58.2 cm³/mol. The molecule has 0 unspecified atom stereocenters. The van der Waals surface area contributed by atoms with Crippen LogP contribution in [0.4, 0.5) is 0 Å². The standard InChI is InChI=1S/C11H16N2O3/c1-6-7(2)16-10(12-6)8(14)9(15)13-11(3,4)5/h1-5H3,(H,13,15). The van der Waals surface area contributed by atoms with Crippen LogP contribution in [0.2, 0.25) is 0 Å². The van der Waals surface area contributed by atoms with Crippen molar-refractivity contribution in [2.75, 3.05) is 0 Å². The van der Waals surface area contributed by atoms with E-state index in [1.807, 2.05) is 0 Å². The molecule has 0 aliphatic rings. The number of oxazole rings is 1. The van der Waals surface area contributed by atoms with Gasteiger partial charge in [-0.1, -0.05) is 0 Å². The number of aryl methyl sites for hydroxylation is 2. The van der Waals surface area contributed by atoms with Crippen molar-refractivity contribution in [2.24, 2.45) is 0 Å². The molecule has 1 heterocycles. The Labute approximate surface area is 94.2 Å². The van der Waals surface area contributed by atoms with Gasteiger partial charge in [0.15, 0.2) is 0 Å². The number of carbonyl (C=O) groups excluding carboxylic acids is 2. The summed E-state index contributed by atoms with van der Waals surface area (Å²) in [6.07, 6.45) is 0. The Hall–Kier alpha value is -1.65. The molecule has 1 N–H and O–H groups in total. The van der Waals surface area contributed by atoms with E-state index in [-0.39, 0.29) is 5.89 Å². The summed E-state index contributed by atoms with van der Waals surface area (Å²) in [6.45, 7) is 8.80. The fourth-order valence-electron chi connectivity index (χ4n) is 1.06. The Morgan fingerprint density at radius 3 is 2.19 bits per heavy atom. The molecule has 0 fully saturated rings. The van der Waals surface area contributed by atoms with Crippen molar-refractivity contribution in [2.45, 2.75) is 40.2 Å². The third-order valence-corrected chi connectivity index (χ3v) is 1.92. The lowest BCUT2D eigenvalue weighted by Gasteiger charge is -2.19. The Morgan fingerprint density at radius 1 is 1.25 bits per heavy atom. The number of hydrogen-bond acceptors (Lipinski definition) is 4. The van der Waals surface area contributed by atoms with Crippen molar-refractivity contribution in [1.82, 2.24) is 10.3 Å². The molecule has 0 saturated carbocycles. The first-order valence-corrected chi connectivity index (χ1v) is 5.01. The molecular weight excluding hydrogens is 208 g/mol. The normalized spacial score (nSPS) is 11.3. The monoisotopic (exact) mass is 224 g/mol. The molecule has 5 nitrogen and oxygen atoms in total. The summed E-state index contributed by atoms with van der Waals surface area (Å²) in [5, 5.41) is 2.56. The smallest absolute Gasteiger partial charge is 0.304 e. The maximum absolute atomic E-state index is 11.6. The molecular formula is C11H16N2O3. The second kappa shape index (κ2) is 4.08. The highest BCUT2D eigenvalue weighted by atomic mass is 16.4. The molecule has 1 aromatic heterocycles. The molecule has 5 heteroatoms. The van der Waals surface area contributed by atoms with Gasteiger partial charge in [0, 0.05) is 5.54 Å². The first kappa shape index (κ1) is 12.4. The van der Waals surface area contributed by atoms with Gasteiger partial charge in [-0.15, -0.1) is 0 Å². The van der Waals surface area contributed by atoms with Gasteiger partial charge in [-0.05, 0) is 34.6 Å². The van der Waals surface area contributed by atoms with Gasteiger partial charge in [0.25, 0.3) is 11.8 Å². The average molecular weight is 224 g/mol. The van der Waals surface area contributed by atoms with Crippen LogP contribution in [0.15, 0.2) is 4.42 Å². The van der Waals surface area contributed by atoms with Gasteiger partial charge in [0.05, 0.1) is 5.69 Å². The summed E-state index contributed by atoms with van der Waals surface area (Å²) >= 11 is 0. The first-order chi connectivity index (χ1) is 7.20. The number of nitrogens with one attached hydrogen (secondary N) is 1. The van der Waals surface area contributed by atoms with Crippen molar-refractivity contribution in [3.63, 3.8) is 0 Å². The van der Waals surface area contributed by atoms with E-state index in [2.05, 4.69) is 10.3 Å². The van der Waals surface area contributed by atoms with Gasteiger partial charge in [0.2, 0.25) is 0 Å². The molecule has 0 aromatic carbocycles. The molecule has 0 saturated heterocycles. The van der Waals surface area contributed by atoms with Crippen LogP contribution < -0.4 is 5.32 Å². The molecule has 1 rings (SSSR count). The van der Waals surface area contributed by atoms with Crippen LogP contribution >= 0.6 is 0 Å². The van der Waals surface area contributed by atoms with E-state index in [1.165, 1.54) is 0 Å². The number of Topliss-reactive ketones (excluding diaryl/α,β-unsaturated/α-hetero) is 1. The fourth-order valence-corrected chi connectivity index (χ4v) is 1.06. The van der Waals surface area contributed by atoms with Gasteiger partial charge in [-0.25, -0.2) is 4.98 Å². The summed E-state index contributed by atoms with van der Waals surface area (Å²) in [5.41, 5.74) is 0.163. The molecule has 0 bridgehead atoms. The second-order valence-corrected chi connectivity index (χ2v) is 4.69. The van der Waals surface area contributed by atoms with E-state index < -0.39 is 17.2 Å². The average Bonchev–Trinajstić information content (AvgIpc) is 2.43. The molecule has 0 atom stereocenters. The highest BCUT2D eigenvalue weighted by Gasteiger charge is 2.25.